The number of benzene rings is 1. The first-order valence-corrected chi connectivity index (χ1v) is 6.58. The molecule has 0 spiro atoms. The van der Waals surface area contributed by atoms with Gasteiger partial charge in [0.1, 0.15) is 11.4 Å². The third-order valence-electron chi connectivity index (χ3n) is 2.84. The predicted molar refractivity (Wildman–Crippen MR) is 80.2 cm³/mol. The number of rotatable bonds is 2. The lowest BCUT2D eigenvalue weighted by atomic mass is 10.0. The van der Waals surface area contributed by atoms with Crippen LogP contribution < -0.4 is 11.3 Å². The van der Waals surface area contributed by atoms with Gasteiger partial charge in [-0.1, -0.05) is 34.4 Å². The molecule has 0 aliphatic carbocycles. The SMILES string of the molecule is Nc1onc(-c2ccc(=O)[nH]n2)c1-c1ccc(Cl)cc1Cl. The Morgan fingerprint density at radius 3 is 2.67 bits per heavy atom. The van der Waals surface area contributed by atoms with Gasteiger partial charge in [-0.3, -0.25) is 4.79 Å². The number of hydrogen-bond acceptors (Lipinski definition) is 5. The summed E-state index contributed by atoms with van der Waals surface area (Å²) < 4.78 is 5.02. The fourth-order valence-electron chi connectivity index (χ4n) is 1.91. The first-order chi connectivity index (χ1) is 10.1. The van der Waals surface area contributed by atoms with Crippen LogP contribution in [0.1, 0.15) is 0 Å². The second-order valence-corrected chi connectivity index (χ2v) is 5.04. The van der Waals surface area contributed by atoms with E-state index >= 15 is 0 Å². The Labute approximate surface area is 128 Å². The van der Waals surface area contributed by atoms with Gasteiger partial charge in [0, 0.05) is 16.7 Å². The smallest absolute Gasteiger partial charge is 0.264 e. The molecule has 3 N–H and O–H groups in total. The van der Waals surface area contributed by atoms with Crippen molar-refractivity contribution in [3.05, 3.63) is 50.7 Å². The van der Waals surface area contributed by atoms with Crippen molar-refractivity contribution < 1.29 is 4.52 Å². The minimum Gasteiger partial charge on any atom is -0.367 e. The van der Waals surface area contributed by atoms with Gasteiger partial charge >= 0.3 is 0 Å². The number of aromatic nitrogens is 3. The predicted octanol–water partition coefficient (Wildman–Crippen LogP) is 2.98. The highest BCUT2D eigenvalue weighted by atomic mass is 35.5. The molecule has 0 unspecified atom stereocenters. The molecule has 0 atom stereocenters. The standard InChI is InChI=1S/C13H8Cl2N4O2/c14-6-1-2-7(8(15)5-6)11-12(19-21-13(11)16)9-3-4-10(20)18-17-9/h1-5H,16H2,(H,18,20). The average molecular weight is 323 g/mol. The molecule has 0 bridgehead atoms. The van der Waals surface area contributed by atoms with Crippen molar-refractivity contribution in [1.82, 2.24) is 15.4 Å². The molecule has 0 amide bonds. The summed E-state index contributed by atoms with van der Waals surface area (Å²) in [7, 11) is 0. The second kappa shape index (κ2) is 5.23. The summed E-state index contributed by atoms with van der Waals surface area (Å²) in [6.45, 7) is 0. The van der Waals surface area contributed by atoms with Gasteiger partial charge in [0.15, 0.2) is 0 Å². The molecular weight excluding hydrogens is 315 g/mol. The van der Waals surface area contributed by atoms with E-state index in [4.69, 9.17) is 33.5 Å². The molecule has 8 heteroatoms. The van der Waals surface area contributed by atoms with Gasteiger partial charge in [-0.2, -0.15) is 5.10 Å². The number of nitrogens with two attached hydrogens (primary N) is 1. The van der Waals surface area contributed by atoms with Gasteiger partial charge in [0.05, 0.1) is 10.6 Å². The molecule has 0 aliphatic rings. The van der Waals surface area contributed by atoms with Crippen LogP contribution in [0.5, 0.6) is 0 Å². The van der Waals surface area contributed by atoms with E-state index in [-0.39, 0.29) is 11.4 Å². The van der Waals surface area contributed by atoms with Crippen LogP contribution >= 0.6 is 23.2 Å². The summed E-state index contributed by atoms with van der Waals surface area (Å²) in [5, 5.41) is 11.0. The minimum atomic E-state index is -0.318. The van der Waals surface area contributed by atoms with Crippen LogP contribution in [0.2, 0.25) is 10.0 Å². The Hall–Kier alpha value is -2.31. The van der Waals surface area contributed by atoms with Crippen molar-refractivity contribution in [2.24, 2.45) is 0 Å². The highest BCUT2D eigenvalue weighted by molar-refractivity contribution is 6.36. The van der Waals surface area contributed by atoms with Crippen molar-refractivity contribution in [1.29, 1.82) is 0 Å². The zero-order valence-corrected chi connectivity index (χ0v) is 11.9. The number of nitrogens with one attached hydrogen (secondary N) is 1. The van der Waals surface area contributed by atoms with Crippen molar-refractivity contribution in [2.45, 2.75) is 0 Å². The lowest BCUT2D eigenvalue weighted by molar-refractivity contribution is 0.439. The van der Waals surface area contributed by atoms with Crippen molar-refractivity contribution in [2.75, 3.05) is 5.73 Å². The van der Waals surface area contributed by atoms with Gasteiger partial charge in [-0.15, -0.1) is 0 Å². The van der Waals surface area contributed by atoms with Gasteiger partial charge in [-0.05, 0) is 18.2 Å². The molecule has 0 fully saturated rings. The quantitative estimate of drug-likeness (QED) is 0.755. The Morgan fingerprint density at radius 1 is 1.19 bits per heavy atom. The van der Waals surface area contributed by atoms with E-state index in [1.165, 1.54) is 12.1 Å². The Balaban J connectivity index is 2.21. The molecule has 0 saturated heterocycles. The molecule has 3 aromatic rings. The van der Waals surface area contributed by atoms with Crippen LogP contribution in [0.25, 0.3) is 22.5 Å². The van der Waals surface area contributed by atoms with Crippen LogP contribution in [-0.4, -0.2) is 15.4 Å². The van der Waals surface area contributed by atoms with Crippen molar-refractivity contribution in [3.63, 3.8) is 0 Å². The van der Waals surface area contributed by atoms with Crippen LogP contribution in [0, 0.1) is 0 Å². The second-order valence-electron chi connectivity index (χ2n) is 4.20. The van der Waals surface area contributed by atoms with E-state index in [2.05, 4.69) is 15.4 Å². The molecule has 21 heavy (non-hydrogen) atoms. The van der Waals surface area contributed by atoms with Gasteiger partial charge in [0.2, 0.25) is 5.88 Å². The Kier molecular flexibility index (Phi) is 3.40. The maximum Gasteiger partial charge on any atom is 0.264 e. The molecule has 3 rings (SSSR count). The van der Waals surface area contributed by atoms with E-state index in [1.807, 2.05) is 0 Å². The highest BCUT2D eigenvalue weighted by Gasteiger charge is 2.20. The maximum atomic E-state index is 11.1. The van der Waals surface area contributed by atoms with Crippen LogP contribution in [0.3, 0.4) is 0 Å². The minimum absolute atomic E-state index is 0.0993. The topological polar surface area (TPSA) is 97.8 Å². The molecule has 6 nitrogen and oxygen atoms in total. The molecule has 0 radical (unpaired) electrons. The summed E-state index contributed by atoms with van der Waals surface area (Å²) in [6, 6.07) is 7.83. The van der Waals surface area contributed by atoms with Crippen LogP contribution in [0.4, 0.5) is 5.88 Å². The summed E-state index contributed by atoms with van der Waals surface area (Å²) in [4.78, 5) is 11.1. The number of aromatic amines is 1. The van der Waals surface area contributed by atoms with Crippen molar-refractivity contribution in [3.8, 4) is 22.5 Å². The first-order valence-electron chi connectivity index (χ1n) is 5.83. The zero-order chi connectivity index (χ0) is 15.0. The lowest BCUT2D eigenvalue weighted by Gasteiger charge is -2.05. The number of halogens is 2. The van der Waals surface area contributed by atoms with E-state index in [9.17, 15) is 4.79 Å². The van der Waals surface area contributed by atoms with Crippen LogP contribution in [0.15, 0.2) is 39.6 Å². The van der Waals surface area contributed by atoms with Gasteiger partial charge in [-0.25, -0.2) is 5.10 Å². The Morgan fingerprint density at radius 2 is 2.00 bits per heavy atom. The van der Waals surface area contributed by atoms with Crippen LogP contribution in [-0.2, 0) is 0 Å². The third kappa shape index (κ3) is 2.51. The number of nitrogen functional groups attached to an aromatic ring is 1. The fourth-order valence-corrected chi connectivity index (χ4v) is 2.41. The summed E-state index contributed by atoms with van der Waals surface area (Å²) in [5.41, 5.74) is 7.41. The normalized spacial score (nSPS) is 10.8. The number of H-pyrrole nitrogens is 1. The highest BCUT2D eigenvalue weighted by Crippen LogP contribution is 2.39. The summed E-state index contributed by atoms with van der Waals surface area (Å²) in [5.74, 6) is 0.0993. The number of hydrogen-bond donors (Lipinski definition) is 2. The third-order valence-corrected chi connectivity index (χ3v) is 3.39. The molecule has 0 aliphatic heterocycles. The monoisotopic (exact) mass is 322 g/mol. The molecule has 106 valence electrons. The zero-order valence-electron chi connectivity index (χ0n) is 10.4. The molecule has 2 aromatic heterocycles. The van der Waals surface area contributed by atoms with Gasteiger partial charge < -0.3 is 10.3 Å². The first kappa shape index (κ1) is 13.7. The molecule has 2 heterocycles. The fraction of sp³-hybridized carbons (Fsp3) is 0. The Bertz CT molecular complexity index is 852. The molecule has 0 saturated carbocycles. The van der Waals surface area contributed by atoms with E-state index in [0.717, 1.165) is 0 Å². The number of nitrogens with zero attached hydrogens (tertiary/aromatic N) is 2. The molecule has 1 aromatic carbocycles. The largest absolute Gasteiger partial charge is 0.367 e. The lowest BCUT2D eigenvalue weighted by Crippen LogP contribution is -2.06. The average Bonchev–Trinajstić information content (AvgIpc) is 2.82. The summed E-state index contributed by atoms with van der Waals surface area (Å²) in [6.07, 6.45) is 0. The van der Waals surface area contributed by atoms with E-state index < -0.39 is 0 Å². The van der Waals surface area contributed by atoms with E-state index in [1.54, 1.807) is 18.2 Å². The maximum absolute atomic E-state index is 11.1. The molecular formula is C13H8Cl2N4O2. The van der Waals surface area contributed by atoms with Crippen molar-refractivity contribution >= 4 is 29.1 Å². The number of anilines is 1. The van der Waals surface area contributed by atoms with Gasteiger partial charge in [0.25, 0.3) is 5.56 Å². The van der Waals surface area contributed by atoms with E-state index in [0.29, 0.717) is 32.6 Å². The summed E-state index contributed by atoms with van der Waals surface area (Å²) >= 11 is 12.1.